The highest BCUT2D eigenvalue weighted by Crippen LogP contribution is 2.16. The van der Waals surface area contributed by atoms with Crippen molar-refractivity contribution in [1.82, 2.24) is 9.97 Å². The molecule has 0 radical (unpaired) electrons. The predicted octanol–water partition coefficient (Wildman–Crippen LogP) is 4.19. The Labute approximate surface area is 160 Å². The van der Waals surface area contributed by atoms with Gasteiger partial charge in [-0.05, 0) is 37.5 Å². The minimum Gasteiger partial charge on any atom is -0.370 e. The van der Waals surface area contributed by atoms with Crippen LogP contribution < -0.4 is 10.2 Å². The fourth-order valence-corrected chi connectivity index (χ4v) is 2.91. The van der Waals surface area contributed by atoms with Crippen LogP contribution in [0.15, 0.2) is 73.1 Å². The second kappa shape index (κ2) is 9.48. The van der Waals surface area contributed by atoms with Crippen molar-refractivity contribution in [3.8, 4) is 0 Å². The number of anilines is 2. The third-order valence-corrected chi connectivity index (χ3v) is 4.31. The molecular weight excluding hydrogens is 336 g/mol. The summed E-state index contributed by atoms with van der Waals surface area (Å²) in [4.78, 5) is 23.0. The number of benzene rings is 2. The molecule has 1 amide bonds. The van der Waals surface area contributed by atoms with Gasteiger partial charge in [-0.1, -0.05) is 48.5 Å². The van der Waals surface area contributed by atoms with Gasteiger partial charge in [-0.15, -0.1) is 0 Å². The normalized spacial score (nSPS) is 10.4. The van der Waals surface area contributed by atoms with Crippen LogP contribution in [0.5, 0.6) is 0 Å². The average Bonchev–Trinajstić information content (AvgIpc) is 2.73. The summed E-state index contributed by atoms with van der Waals surface area (Å²) < 4.78 is 0. The zero-order valence-electron chi connectivity index (χ0n) is 15.5. The van der Waals surface area contributed by atoms with Gasteiger partial charge in [0.1, 0.15) is 17.8 Å². The predicted molar refractivity (Wildman–Crippen MR) is 109 cm³/mol. The molecule has 0 unspecified atom stereocenters. The van der Waals surface area contributed by atoms with E-state index < -0.39 is 0 Å². The summed E-state index contributed by atoms with van der Waals surface area (Å²) in [5.41, 5.74) is 2.57. The number of carbonyl (C=O) groups excluding carboxylic acids is 1. The van der Waals surface area contributed by atoms with Gasteiger partial charge in [0.05, 0.1) is 0 Å². The van der Waals surface area contributed by atoms with Crippen molar-refractivity contribution in [3.63, 3.8) is 0 Å². The molecule has 138 valence electrons. The average molecular weight is 360 g/mol. The molecule has 1 heterocycles. The van der Waals surface area contributed by atoms with Crippen molar-refractivity contribution < 1.29 is 4.79 Å². The molecule has 0 saturated carbocycles. The summed E-state index contributed by atoms with van der Waals surface area (Å²) in [5.74, 6) is 0.545. The number of para-hydroxylation sites is 1. The molecule has 0 aliphatic rings. The Morgan fingerprint density at radius 1 is 1.00 bits per heavy atom. The number of aryl methyl sites for hydroxylation is 1. The maximum absolute atomic E-state index is 12.9. The van der Waals surface area contributed by atoms with Gasteiger partial charge in [0.25, 0.3) is 5.91 Å². The number of hydrogen-bond acceptors (Lipinski definition) is 4. The quantitative estimate of drug-likeness (QED) is 0.612. The van der Waals surface area contributed by atoms with Crippen molar-refractivity contribution in [2.75, 3.05) is 23.3 Å². The van der Waals surface area contributed by atoms with Gasteiger partial charge in [0, 0.05) is 24.8 Å². The monoisotopic (exact) mass is 360 g/mol. The first kappa shape index (κ1) is 18.6. The van der Waals surface area contributed by atoms with E-state index in [0.717, 1.165) is 25.1 Å². The van der Waals surface area contributed by atoms with Crippen LogP contribution in [0, 0.1) is 0 Å². The third-order valence-electron chi connectivity index (χ3n) is 4.31. The van der Waals surface area contributed by atoms with E-state index in [1.165, 1.54) is 11.9 Å². The lowest BCUT2D eigenvalue weighted by Gasteiger charge is -2.20. The number of amides is 1. The van der Waals surface area contributed by atoms with Crippen LogP contribution in [0.25, 0.3) is 0 Å². The van der Waals surface area contributed by atoms with E-state index in [4.69, 9.17) is 0 Å². The molecule has 0 spiro atoms. The molecule has 1 aromatic heterocycles. The molecule has 3 rings (SSSR count). The summed E-state index contributed by atoms with van der Waals surface area (Å²) in [7, 11) is 0. The Hall–Kier alpha value is -3.21. The largest absolute Gasteiger partial charge is 0.370 e. The van der Waals surface area contributed by atoms with Crippen LogP contribution in [0.1, 0.15) is 29.4 Å². The SMILES string of the molecule is CCN(C(=O)c1cc(NCCCc2ccccc2)ncn1)c1ccccc1. The fourth-order valence-electron chi connectivity index (χ4n) is 2.91. The van der Waals surface area contributed by atoms with Crippen LogP contribution >= 0.6 is 0 Å². The lowest BCUT2D eigenvalue weighted by atomic mass is 10.1. The van der Waals surface area contributed by atoms with E-state index >= 15 is 0 Å². The molecule has 27 heavy (non-hydrogen) atoms. The van der Waals surface area contributed by atoms with Gasteiger partial charge in [-0.25, -0.2) is 9.97 Å². The molecule has 0 fully saturated rings. The van der Waals surface area contributed by atoms with E-state index in [0.29, 0.717) is 18.1 Å². The lowest BCUT2D eigenvalue weighted by Crippen LogP contribution is -2.31. The van der Waals surface area contributed by atoms with Crippen molar-refractivity contribution in [2.24, 2.45) is 0 Å². The van der Waals surface area contributed by atoms with Crippen molar-refractivity contribution in [3.05, 3.63) is 84.3 Å². The first-order chi connectivity index (χ1) is 13.3. The third kappa shape index (κ3) is 5.14. The summed E-state index contributed by atoms with van der Waals surface area (Å²) in [6.45, 7) is 3.32. The van der Waals surface area contributed by atoms with E-state index in [1.54, 1.807) is 11.0 Å². The topological polar surface area (TPSA) is 58.1 Å². The maximum Gasteiger partial charge on any atom is 0.277 e. The second-order valence-electron chi connectivity index (χ2n) is 6.19. The summed E-state index contributed by atoms with van der Waals surface area (Å²) in [5, 5.41) is 3.29. The molecule has 1 N–H and O–H groups in total. The first-order valence-electron chi connectivity index (χ1n) is 9.24. The van der Waals surface area contributed by atoms with E-state index in [2.05, 4.69) is 39.6 Å². The standard InChI is InChI=1S/C22H24N4O/c1-2-26(19-13-7-4-8-14-19)22(27)20-16-21(25-17-24-20)23-15-9-12-18-10-5-3-6-11-18/h3-8,10-11,13-14,16-17H,2,9,12,15H2,1H3,(H,23,24,25). The van der Waals surface area contributed by atoms with Gasteiger partial charge in [0.15, 0.2) is 0 Å². The zero-order valence-corrected chi connectivity index (χ0v) is 15.5. The van der Waals surface area contributed by atoms with Crippen molar-refractivity contribution in [2.45, 2.75) is 19.8 Å². The van der Waals surface area contributed by atoms with Gasteiger partial charge in [-0.2, -0.15) is 0 Å². The molecule has 2 aromatic carbocycles. The maximum atomic E-state index is 12.9. The molecule has 3 aromatic rings. The molecule has 0 atom stereocenters. The van der Waals surface area contributed by atoms with Crippen molar-refractivity contribution in [1.29, 1.82) is 0 Å². The number of nitrogens with one attached hydrogen (secondary N) is 1. The van der Waals surface area contributed by atoms with E-state index in [-0.39, 0.29) is 5.91 Å². The smallest absolute Gasteiger partial charge is 0.277 e. The lowest BCUT2D eigenvalue weighted by molar-refractivity contribution is 0.0983. The fraction of sp³-hybridized carbons (Fsp3) is 0.227. The van der Waals surface area contributed by atoms with Crippen LogP contribution in [0.2, 0.25) is 0 Å². The zero-order chi connectivity index (χ0) is 18.9. The first-order valence-corrected chi connectivity index (χ1v) is 9.24. The summed E-state index contributed by atoms with van der Waals surface area (Å²) in [6.07, 6.45) is 3.43. The highest BCUT2D eigenvalue weighted by Gasteiger charge is 2.17. The van der Waals surface area contributed by atoms with Crippen LogP contribution in [0.4, 0.5) is 11.5 Å². The number of hydrogen-bond donors (Lipinski definition) is 1. The van der Waals surface area contributed by atoms with Crippen LogP contribution in [-0.2, 0) is 6.42 Å². The molecular formula is C22H24N4O. The Balaban J connectivity index is 1.60. The Morgan fingerprint density at radius 3 is 2.41 bits per heavy atom. The minimum absolute atomic E-state index is 0.126. The minimum atomic E-state index is -0.126. The molecule has 0 bridgehead atoms. The highest BCUT2D eigenvalue weighted by atomic mass is 16.2. The van der Waals surface area contributed by atoms with Crippen molar-refractivity contribution >= 4 is 17.4 Å². The van der Waals surface area contributed by atoms with Gasteiger partial charge in [0.2, 0.25) is 0 Å². The van der Waals surface area contributed by atoms with E-state index in [9.17, 15) is 4.79 Å². The number of nitrogens with zero attached hydrogens (tertiary/aromatic N) is 3. The molecule has 0 aliphatic carbocycles. The van der Waals surface area contributed by atoms with Crippen LogP contribution in [-0.4, -0.2) is 29.0 Å². The molecule has 0 aliphatic heterocycles. The Morgan fingerprint density at radius 2 is 1.70 bits per heavy atom. The van der Waals surface area contributed by atoms with Gasteiger partial charge < -0.3 is 10.2 Å². The van der Waals surface area contributed by atoms with Gasteiger partial charge >= 0.3 is 0 Å². The van der Waals surface area contributed by atoms with E-state index in [1.807, 2.05) is 43.3 Å². The number of aromatic nitrogens is 2. The molecule has 5 heteroatoms. The number of carbonyl (C=O) groups is 1. The molecule has 0 saturated heterocycles. The summed E-state index contributed by atoms with van der Waals surface area (Å²) in [6, 6.07) is 21.7. The highest BCUT2D eigenvalue weighted by molar-refractivity contribution is 6.05. The Kier molecular flexibility index (Phi) is 6.52. The molecule has 5 nitrogen and oxygen atoms in total. The summed E-state index contributed by atoms with van der Waals surface area (Å²) >= 11 is 0. The van der Waals surface area contributed by atoms with Crippen LogP contribution in [0.3, 0.4) is 0 Å². The van der Waals surface area contributed by atoms with Gasteiger partial charge in [-0.3, -0.25) is 4.79 Å². The Bertz CT molecular complexity index is 852. The second-order valence-corrected chi connectivity index (χ2v) is 6.19. The number of rotatable bonds is 8.